The van der Waals surface area contributed by atoms with Crippen molar-refractivity contribution in [3.63, 3.8) is 0 Å². The molecule has 0 aromatic carbocycles. The quantitative estimate of drug-likeness (QED) is 0.563. The van der Waals surface area contributed by atoms with E-state index < -0.39 is 16.0 Å². The van der Waals surface area contributed by atoms with Gasteiger partial charge in [-0.15, -0.1) is 11.6 Å². The molecule has 0 aliphatic rings. The van der Waals surface area contributed by atoms with Gasteiger partial charge in [0.25, 0.3) is 0 Å². The maximum Gasteiger partial charge on any atom is 0.397 e. The Labute approximate surface area is 96.9 Å². The Kier molecular flexibility index (Phi) is 6.10. The van der Waals surface area contributed by atoms with Gasteiger partial charge in [-0.3, -0.25) is 4.55 Å². The average molecular weight is 259 g/mol. The standard InChI is InChI=1S/C9H19ClO4S/c1-4-6-8(10)7-9(3,5-2)14-15(11,12)13/h8H,4-7H2,1-3H3,(H,11,12,13). The fourth-order valence-electron chi connectivity index (χ4n) is 1.38. The van der Waals surface area contributed by atoms with Gasteiger partial charge in [-0.1, -0.05) is 20.3 Å². The molecule has 2 unspecified atom stereocenters. The molecule has 0 bridgehead atoms. The first-order valence-electron chi connectivity index (χ1n) is 5.04. The predicted molar refractivity (Wildman–Crippen MR) is 60.5 cm³/mol. The first kappa shape index (κ1) is 15.2. The molecular formula is C9H19ClO4S. The van der Waals surface area contributed by atoms with Crippen molar-refractivity contribution in [3.8, 4) is 0 Å². The number of rotatable bonds is 7. The van der Waals surface area contributed by atoms with Crippen LogP contribution in [0.5, 0.6) is 0 Å². The molecule has 2 atom stereocenters. The second-order valence-electron chi connectivity index (χ2n) is 3.90. The van der Waals surface area contributed by atoms with Crippen molar-refractivity contribution in [2.45, 2.75) is 57.4 Å². The first-order chi connectivity index (χ1) is 6.72. The molecule has 0 aliphatic heterocycles. The normalized spacial score (nSPS) is 18.5. The van der Waals surface area contributed by atoms with Crippen LogP contribution in [-0.4, -0.2) is 23.9 Å². The lowest BCUT2D eigenvalue weighted by Crippen LogP contribution is -2.33. The Morgan fingerprint density at radius 1 is 1.47 bits per heavy atom. The Balaban J connectivity index is 4.44. The van der Waals surface area contributed by atoms with E-state index in [1.54, 1.807) is 13.8 Å². The fourth-order valence-corrected chi connectivity index (χ4v) is 2.61. The van der Waals surface area contributed by atoms with Gasteiger partial charge in [-0.25, -0.2) is 4.18 Å². The molecule has 0 amide bonds. The minimum atomic E-state index is -4.41. The molecule has 15 heavy (non-hydrogen) atoms. The maximum atomic E-state index is 10.6. The minimum Gasteiger partial charge on any atom is -0.264 e. The molecule has 0 rings (SSSR count). The van der Waals surface area contributed by atoms with Gasteiger partial charge in [0.15, 0.2) is 0 Å². The van der Waals surface area contributed by atoms with Gasteiger partial charge in [0.2, 0.25) is 0 Å². The van der Waals surface area contributed by atoms with Gasteiger partial charge in [0.1, 0.15) is 0 Å². The van der Waals surface area contributed by atoms with E-state index in [-0.39, 0.29) is 5.38 Å². The summed E-state index contributed by atoms with van der Waals surface area (Å²) >= 11 is 6.02. The second-order valence-corrected chi connectivity index (χ2v) is 5.54. The highest BCUT2D eigenvalue weighted by molar-refractivity contribution is 7.80. The summed E-state index contributed by atoms with van der Waals surface area (Å²) in [6, 6.07) is 0. The summed E-state index contributed by atoms with van der Waals surface area (Å²) < 4.78 is 34.5. The van der Waals surface area contributed by atoms with E-state index in [4.69, 9.17) is 16.2 Å². The van der Waals surface area contributed by atoms with Crippen molar-refractivity contribution in [1.82, 2.24) is 0 Å². The van der Waals surface area contributed by atoms with Gasteiger partial charge in [0, 0.05) is 5.38 Å². The molecule has 1 N–H and O–H groups in total. The second kappa shape index (κ2) is 6.03. The van der Waals surface area contributed by atoms with Crippen LogP contribution < -0.4 is 0 Å². The summed E-state index contributed by atoms with van der Waals surface area (Å²) in [7, 11) is -4.41. The molecule has 0 fully saturated rings. The Hall–Kier alpha value is 0.160. The third-order valence-electron chi connectivity index (χ3n) is 2.31. The summed E-state index contributed by atoms with van der Waals surface area (Å²) in [6.45, 7) is 5.43. The van der Waals surface area contributed by atoms with E-state index in [9.17, 15) is 8.42 Å². The van der Waals surface area contributed by atoms with Gasteiger partial charge in [-0.05, 0) is 26.2 Å². The van der Waals surface area contributed by atoms with Crippen molar-refractivity contribution in [2.75, 3.05) is 0 Å². The van der Waals surface area contributed by atoms with Gasteiger partial charge in [-0.2, -0.15) is 8.42 Å². The zero-order chi connectivity index (χ0) is 12.1. The number of alkyl halides is 1. The van der Waals surface area contributed by atoms with Crippen LogP contribution in [0.15, 0.2) is 0 Å². The van der Waals surface area contributed by atoms with Crippen molar-refractivity contribution >= 4 is 22.0 Å². The maximum absolute atomic E-state index is 10.6. The van der Waals surface area contributed by atoms with Crippen LogP contribution in [0.2, 0.25) is 0 Å². The average Bonchev–Trinajstić information content (AvgIpc) is 2.00. The predicted octanol–water partition coefficient (Wildman–Crippen LogP) is 2.77. The first-order valence-corrected chi connectivity index (χ1v) is 6.84. The molecule has 6 heteroatoms. The van der Waals surface area contributed by atoms with E-state index in [1.807, 2.05) is 6.92 Å². The lowest BCUT2D eigenvalue weighted by atomic mass is 9.95. The van der Waals surface area contributed by atoms with E-state index >= 15 is 0 Å². The molecule has 0 aromatic rings. The van der Waals surface area contributed by atoms with Crippen LogP contribution in [0.1, 0.15) is 46.5 Å². The SMILES string of the molecule is CCCC(Cl)CC(C)(CC)OS(=O)(=O)O. The van der Waals surface area contributed by atoms with Gasteiger partial charge < -0.3 is 0 Å². The van der Waals surface area contributed by atoms with Crippen LogP contribution in [-0.2, 0) is 14.6 Å². The summed E-state index contributed by atoms with van der Waals surface area (Å²) in [5, 5.41) is -0.137. The highest BCUT2D eigenvalue weighted by Crippen LogP contribution is 2.27. The van der Waals surface area contributed by atoms with E-state index in [2.05, 4.69) is 4.18 Å². The lowest BCUT2D eigenvalue weighted by Gasteiger charge is -2.28. The molecule has 0 aromatic heterocycles. The fraction of sp³-hybridized carbons (Fsp3) is 1.00. The van der Waals surface area contributed by atoms with Crippen molar-refractivity contribution in [3.05, 3.63) is 0 Å². The number of halogens is 1. The van der Waals surface area contributed by atoms with E-state index in [1.165, 1.54) is 0 Å². The van der Waals surface area contributed by atoms with Crippen LogP contribution in [0.3, 0.4) is 0 Å². The number of hydrogen-bond donors (Lipinski definition) is 1. The van der Waals surface area contributed by atoms with Crippen molar-refractivity contribution in [1.29, 1.82) is 0 Å². The molecule has 0 heterocycles. The molecule has 0 saturated carbocycles. The molecule has 0 saturated heterocycles. The van der Waals surface area contributed by atoms with E-state index in [0.717, 1.165) is 12.8 Å². The highest BCUT2D eigenvalue weighted by atomic mass is 35.5. The molecule has 4 nitrogen and oxygen atoms in total. The molecule has 92 valence electrons. The third-order valence-corrected chi connectivity index (χ3v) is 3.30. The largest absolute Gasteiger partial charge is 0.397 e. The Morgan fingerprint density at radius 3 is 2.33 bits per heavy atom. The Morgan fingerprint density at radius 2 is 2.00 bits per heavy atom. The number of hydrogen-bond acceptors (Lipinski definition) is 3. The van der Waals surface area contributed by atoms with E-state index in [0.29, 0.717) is 12.8 Å². The third kappa shape index (κ3) is 7.11. The highest BCUT2D eigenvalue weighted by Gasteiger charge is 2.31. The molecular weight excluding hydrogens is 240 g/mol. The summed E-state index contributed by atoms with van der Waals surface area (Å²) in [4.78, 5) is 0. The van der Waals surface area contributed by atoms with Crippen LogP contribution in [0.25, 0.3) is 0 Å². The molecule has 0 aliphatic carbocycles. The monoisotopic (exact) mass is 258 g/mol. The van der Waals surface area contributed by atoms with Gasteiger partial charge in [0.05, 0.1) is 5.60 Å². The lowest BCUT2D eigenvalue weighted by molar-refractivity contribution is 0.0663. The smallest absolute Gasteiger partial charge is 0.264 e. The van der Waals surface area contributed by atoms with Crippen LogP contribution in [0, 0.1) is 0 Å². The van der Waals surface area contributed by atoms with Crippen molar-refractivity contribution in [2.24, 2.45) is 0 Å². The van der Waals surface area contributed by atoms with Crippen LogP contribution in [0.4, 0.5) is 0 Å². The van der Waals surface area contributed by atoms with Gasteiger partial charge >= 0.3 is 10.4 Å². The Bertz CT molecular complexity index is 278. The minimum absolute atomic E-state index is 0.137. The topological polar surface area (TPSA) is 63.6 Å². The summed E-state index contributed by atoms with van der Waals surface area (Å²) in [5.41, 5.74) is -0.921. The summed E-state index contributed by atoms with van der Waals surface area (Å²) in [5.74, 6) is 0. The van der Waals surface area contributed by atoms with Crippen molar-refractivity contribution < 1.29 is 17.2 Å². The zero-order valence-corrected chi connectivity index (χ0v) is 10.9. The molecule has 0 spiro atoms. The van der Waals surface area contributed by atoms with Crippen LogP contribution >= 0.6 is 11.6 Å². The zero-order valence-electron chi connectivity index (χ0n) is 9.36. The molecule has 0 radical (unpaired) electrons. The summed E-state index contributed by atoms with van der Waals surface area (Å²) in [6.07, 6.45) is 2.60.